The Kier molecular flexibility index (Phi) is 10.1. The molecular weight excluding hydrogens is 424 g/mol. The van der Waals surface area contributed by atoms with E-state index < -0.39 is 29.0 Å². The minimum absolute atomic E-state index is 0.116. The van der Waals surface area contributed by atoms with Crippen LogP contribution in [-0.2, 0) is 14.4 Å². The van der Waals surface area contributed by atoms with E-state index >= 15 is 0 Å². The van der Waals surface area contributed by atoms with Gasteiger partial charge in [0.25, 0.3) is 5.69 Å². The number of sulfonamides is 1. The van der Waals surface area contributed by atoms with E-state index in [1.807, 2.05) is 0 Å². The van der Waals surface area contributed by atoms with Crippen LogP contribution in [-0.4, -0.2) is 57.4 Å². The van der Waals surface area contributed by atoms with Crippen LogP contribution in [0.4, 0.5) is 5.69 Å². The van der Waals surface area contributed by atoms with E-state index in [0.717, 1.165) is 12.8 Å². The van der Waals surface area contributed by atoms with Gasteiger partial charge in [-0.1, -0.05) is 32.9 Å². The van der Waals surface area contributed by atoms with Gasteiger partial charge in [0.1, 0.15) is 0 Å². The predicted molar refractivity (Wildman–Crippen MR) is 121 cm³/mol. The molecule has 0 unspecified atom stereocenters. The maximum atomic E-state index is 13.0. The number of nitro benzene ring substituents is 1. The molecule has 0 heterocycles. The molecular formula is C20H36N2O6SSi. The third-order valence-electron chi connectivity index (χ3n) is 5.57. The maximum absolute atomic E-state index is 13.0. The topological polar surface area (TPSA) is 110 Å². The van der Waals surface area contributed by atoms with Gasteiger partial charge in [-0.3, -0.25) is 10.1 Å². The fraction of sp³-hybridized carbons (Fsp3) is 0.700. The number of nitrogens with zero attached hydrogens (tertiary/aromatic N) is 2. The summed E-state index contributed by atoms with van der Waals surface area (Å²) in [4.78, 5) is 10.3. The van der Waals surface area contributed by atoms with Crippen LogP contribution in [0.25, 0.3) is 0 Å². The zero-order valence-electron chi connectivity index (χ0n) is 18.8. The quantitative estimate of drug-likeness (QED) is 0.205. The average Bonchev–Trinajstić information content (AvgIpc) is 2.65. The van der Waals surface area contributed by atoms with Crippen LogP contribution in [0.5, 0.6) is 0 Å². The number of hydrogen-bond donors (Lipinski definition) is 1. The van der Waals surface area contributed by atoms with Crippen LogP contribution in [0.3, 0.4) is 0 Å². The summed E-state index contributed by atoms with van der Waals surface area (Å²) in [5, 5.41) is 20.5. The molecule has 0 fully saturated rings. The largest absolute Gasteiger partial charge is 0.417 e. The Morgan fingerprint density at radius 1 is 1.10 bits per heavy atom. The molecule has 0 aliphatic heterocycles. The summed E-state index contributed by atoms with van der Waals surface area (Å²) in [7, 11) is -5.82. The fourth-order valence-electron chi connectivity index (χ4n) is 2.68. The maximum Gasteiger partial charge on any atom is 0.289 e. The number of hydrogen-bond acceptors (Lipinski definition) is 6. The van der Waals surface area contributed by atoms with Gasteiger partial charge < -0.3 is 9.53 Å². The van der Waals surface area contributed by atoms with Crippen LogP contribution in [0.15, 0.2) is 29.2 Å². The predicted octanol–water partition coefficient (Wildman–Crippen LogP) is 4.16. The number of benzene rings is 1. The SMILES string of the molecule is CC(C)(C)[Si](C)(C)OCCCCCN(CCCO)S(=O)(=O)c1ccccc1[N+](=O)[O-]. The Hall–Kier alpha value is -1.33. The van der Waals surface area contributed by atoms with E-state index in [1.165, 1.54) is 28.6 Å². The zero-order valence-corrected chi connectivity index (χ0v) is 20.6. The van der Waals surface area contributed by atoms with Gasteiger partial charge in [-0.2, -0.15) is 4.31 Å². The molecule has 0 saturated heterocycles. The van der Waals surface area contributed by atoms with Crippen molar-refractivity contribution in [1.82, 2.24) is 4.31 Å². The Morgan fingerprint density at radius 3 is 2.27 bits per heavy atom. The van der Waals surface area contributed by atoms with E-state index in [-0.39, 0.29) is 36.1 Å². The van der Waals surface area contributed by atoms with Crippen LogP contribution >= 0.6 is 0 Å². The number of nitro groups is 1. The lowest BCUT2D eigenvalue weighted by Gasteiger charge is -2.36. The number of aliphatic hydroxyl groups is 1. The van der Waals surface area contributed by atoms with Crippen molar-refractivity contribution >= 4 is 24.0 Å². The molecule has 0 aliphatic carbocycles. The van der Waals surface area contributed by atoms with Crippen LogP contribution in [0.2, 0.25) is 18.1 Å². The molecule has 0 radical (unpaired) electrons. The third kappa shape index (κ3) is 7.42. The number of aliphatic hydroxyl groups excluding tert-OH is 1. The molecule has 0 saturated carbocycles. The molecule has 8 nitrogen and oxygen atoms in total. The van der Waals surface area contributed by atoms with Crippen molar-refractivity contribution in [2.75, 3.05) is 26.3 Å². The van der Waals surface area contributed by atoms with Crippen molar-refractivity contribution in [3.05, 3.63) is 34.4 Å². The monoisotopic (exact) mass is 460 g/mol. The molecule has 0 atom stereocenters. The summed E-state index contributed by atoms with van der Waals surface area (Å²) in [6.45, 7) is 11.8. The van der Waals surface area contributed by atoms with Crippen molar-refractivity contribution in [3.8, 4) is 0 Å². The Labute approximate surface area is 181 Å². The molecule has 0 amide bonds. The van der Waals surface area contributed by atoms with Crippen molar-refractivity contribution in [1.29, 1.82) is 0 Å². The van der Waals surface area contributed by atoms with Gasteiger partial charge in [-0.25, -0.2) is 8.42 Å². The molecule has 0 aliphatic rings. The molecule has 30 heavy (non-hydrogen) atoms. The molecule has 1 N–H and O–H groups in total. The standard InChI is InChI=1S/C20H36N2O6SSi/c1-20(2,3)30(4,5)28-17-10-6-9-14-21(15-11-16-23)29(26,27)19-13-8-7-12-18(19)22(24)25/h7-8,12-13,23H,6,9-11,14-17H2,1-5H3. The first-order valence-corrected chi connectivity index (χ1v) is 14.7. The summed E-state index contributed by atoms with van der Waals surface area (Å²) >= 11 is 0. The Bertz CT molecular complexity index is 793. The van der Waals surface area contributed by atoms with E-state index in [2.05, 4.69) is 33.9 Å². The van der Waals surface area contributed by atoms with Gasteiger partial charge in [0.05, 0.1) is 4.92 Å². The highest BCUT2D eigenvalue weighted by molar-refractivity contribution is 7.89. The van der Waals surface area contributed by atoms with Gasteiger partial charge >= 0.3 is 0 Å². The average molecular weight is 461 g/mol. The van der Waals surface area contributed by atoms with Gasteiger partial charge in [-0.05, 0) is 49.9 Å². The second-order valence-electron chi connectivity index (χ2n) is 8.88. The summed E-state index contributed by atoms with van der Waals surface area (Å²) in [5.41, 5.74) is -0.436. The smallest absolute Gasteiger partial charge is 0.289 e. The van der Waals surface area contributed by atoms with Gasteiger partial charge in [-0.15, -0.1) is 0 Å². The zero-order chi connectivity index (χ0) is 23.0. The number of unbranched alkanes of at least 4 members (excludes halogenated alkanes) is 2. The summed E-state index contributed by atoms with van der Waals surface area (Å²) < 4.78 is 33.5. The Morgan fingerprint density at radius 2 is 1.70 bits per heavy atom. The van der Waals surface area contributed by atoms with Gasteiger partial charge in [0, 0.05) is 32.4 Å². The Balaban J connectivity index is 2.74. The summed E-state index contributed by atoms with van der Waals surface area (Å²) in [6.07, 6.45) is 2.50. The van der Waals surface area contributed by atoms with E-state index in [0.29, 0.717) is 13.0 Å². The van der Waals surface area contributed by atoms with Crippen molar-refractivity contribution < 1.29 is 22.9 Å². The lowest BCUT2D eigenvalue weighted by molar-refractivity contribution is -0.387. The first kappa shape index (κ1) is 26.7. The normalized spacial score (nSPS) is 13.0. The van der Waals surface area contributed by atoms with Gasteiger partial charge in [0.15, 0.2) is 13.2 Å². The third-order valence-corrected chi connectivity index (χ3v) is 12.1. The minimum Gasteiger partial charge on any atom is -0.417 e. The lowest BCUT2D eigenvalue weighted by Crippen LogP contribution is -2.41. The van der Waals surface area contributed by atoms with Crippen molar-refractivity contribution in [3.63, 3.8) is 0 Å². The first-order chi connectivity index (χ1) is 13.8. The second kappa shape index (κ2) is 11.3. The highest BCUT2D eigenvalue weighted by Gasteiger charge is 2.36. The van der Waals surface area contributed by atoms with E-state index in [9.17, 15) is 18.5 Å². The summed E-state index contributed by atoms with van der Waals surface area (Å²) in [6, 6.07) is 5.36. The molecule has 172 valence electrons. The highest BCUT2D eigenvalue weighted by Crippen LogP contribution is 2.36. The van der Waals surface area contributed by atoms with Crippen molar-refractivity contribution in [2.45, 2.75) is 69.5 Å². The van der Waals surface area contributed by atoms with Crippen LogP contribution < -0.4 is 0 Å². The molecule has 1 aromatic rings. The van der Waals surface area contributed by atoms with Crippen LogP contribution in [0, 0.1) is 10.1 Å². The summed E-state index contributed by atoms with van der Waals surface area (Å²) in [5.74, 6) is 0. The number of rotatable bonds is 13. The molecule has 0 spiro atoms. The molecule has 1 rings (SSSR count). The molecule has 1 aromatic carbocycles. The highest BCUT2D eigenvalue weighted by atomic mass is 32.2. The van der Waals surface area contributed by atoms with Crippen LogP contribution in [0.1, 0.15) is 46.5 Å². The molecule has 0 aromatic heterocycles. The van der Waals surface area contributed by atoms with Crippen molar-refractivity contribution in [2.24, 2.45) is 0 Å². The minimum atomic E-state index is -4.03. The fourth-order valence-corrected chi connectivity index (χ4v) is 5.44. The van der Waals surface area contributed by atoms with E-state index in [1.54, 1.807) is 0 Å². The number of para-hydroxylation sites is 1. The lowest BCUT2D eigenvalue weighted by atomic mass is 10.2. The van der Waals surface area contributed by atoms with E-state index in [4.69, 9.17) is 9.53 Å². The first-order valence-electron chi connectivity index (χ1n) is 10.3. The molecule has 10 heteroatoms. The molecule has 0 bridgehead atoms. The second-order valence-corrected chi connectivity index (χ2v) is 15.6. The van der Waals surface area contributed by atoms with Gasteiger partial charge in [0.2, 0.25) is 10.0 Å².